The highest BCUT2D eigenvalue weighted by Crippen LogP contribution is 2.30. The number of nitriles is 1. The first-order valence-electron chi connectivity index (χ1n) is 12.2. The number of aliphatic imine (C=N–C) groups is 1. The van der Waals surface area contributed by atoms with Crippen molar-refractivity contribution in [2.24, 2.45) is 10.9 Å². The van der Waals surface area contributed by atoms with Crippen molar-refractivity contribution in [1.29, 1.82) is 5.26 Å². The number of carbonyl (C=O) groups is 2. The minimum absolute atomic E-state index is 0.0203. The Morgan fingerprint density at radius 2 is 2.00 bits per heavy atom. The molecule has 2 aliphatic rings. The highest BCUT2D eigenvalue weighted by Gasteiger charge is 2.29. The minimum atomic E-state index is -3.93. The molecule has 10 nitrogen and oxygen atoms in total. The summed E-state index contributed by atoms with van der Waals surface area (Å²) in [5.41, 5.74) is 1.08. The molecule has 3 heterocycles. The molecule has 0 spiro atoms. The van der Waals surface area contributed by atoms with Crippen LogP contribution in [0.2, 0.25) is 5.02 Å². The number of para-hydroxylation sites is 1. The van der Waals surface area contributed by atoms with Crippen molar-refractivity contribution < 1.29 is 18.0 Å². The SMILES string of the molecule is CS(=O)(=O)/C(C#N)=C(\N=C/C1CCCCN(CC(=O)N2CCCC2)C1=O)Nc1cccc2c(Cl)c[nH]c12. The van der Waals surface area contributed by atoms with Crippen LogP contribution >= 0.6 is 11.6 Å². The molecule has 0 radical (unpaired) electrons. The van der Waals surface area contributed by atoms with Gasteiger partial charge in [0.25, 0.3) is 0 Å². The van der Waals surface area contributed by atoms with Crippen molar-refractivity contribution in [1.82, 2.24) is 14.8 Å². The predicted octanol–water partition coefficient (Wildman–Crippen LogP) is 3.29. The largest absolute Gasteiger partial charge is 0.358 e. The second-order valence-corrected chi connectivity index (χ2v) is 11.6. The highest BCUT2D eigenvalue weighted by atomic mass is 35.5. The molecule has 1 aromatic carbocycles. The van der Waals surface area contributed by atoms with E-state index in [1.165, 1.54) is 6.21 Å². The molecular weight excluding hydrogens is 516 g/mol. The summed E-state index contributed by atoms with van der Waals surface area (Å²) in [5.74, 6) is -1.14. The molecule has 196 valence electrons. The summed E-state index contributed by atoms with van der Waals surface area (Å²) in [5, 5.41) is 13.8. The summed E-state index contributed by atoms with van der Waals surface area (Å²) < 4.78 is 24.8. The number of halogens is 1. The van der Waals surface area contributed by atoms with Gasteiger partial charge in [0.05, 0.1) is 28.7 Å². The number of benzene rings is 1. The van der Waals surface area contributed by atoms with E-state index in [4.69, 9.17) is 11.6 Å². The van der Waals surface area contributed by atoms with Gasteiger partial charge in [-0.05, 0) is 31.7 Å². The first-order chi connectivity index (χ1) is 17.7. The zero-order chi connectivity index (χ0) is 26.6. The number of carbonyl (C=O) groups excluding carboxylic acids is 2. The van der Waals surface area contributed by atoms with Crippen LogP contribution in [-0.4, -0.2) is 73.7 Å². The number of amides is 2. The summed E-state index contributed by atoms with van der Waals surface area (Å²) in [6.07, 6.45) is 7.88. The summed E-state index contributed by atoms with van der Waals surface area (Å²) in [4.78, 5) is 36.1. The van der Waals surface area contributed by atoms with Crippen LogP contribution in [0.25, 0.3) is 10.9 Å². The first kappa shape index (κ1) is 26.7. The van der Waals surface area contributed by atoms with Gasteiger partial charge in [-0.2, -0.15) is 5.26 Å². The molecule has 2 N–H and O–H groups in total. The van der Waals surface area contributed by atoms with Crippen molar-refractivity contribution in [2.75, 3.05) is 37.8 Å². The Labute approximate surface area is 220 Å². The number of nitrogens with zero attached hydrogens (tertiary/aromatic N) is 4. The maximum absolute atomic E-state index is 13.3. The van der Waals surface area contributed by atoms with Crippen LogP contribution in [0.1, 0.15) is 32.1 Å². The number of allylic oxidation sites excluding steroid dienone is 1. The number of aromatic amines is 1. The summed E-state index contributed by atoms with van der Waals surface area (Å²) in [6.45, 7) is 1.93. The molecule has 37 heavy (non-hydrogen) atoms. The van der Waals surface area contributed by atoms with E-state index < -0.39 is 20.7 Å². The van der Waals surface area contributed by atoms with Crippen molar-refractivity contribution in [3.8, 4) is 6.07 Å². The van der Waals surface area contributed by atoms with Crippen LogP contribution in [0.5, 0.6) is 0 Å². The Morgan fingerprint density at radius 1 is 1.27 bits per heavy atom. The van der Waals surface area contributed by atoms with Crippen LogP contribution in [0.15, 0.2) is 40.1 Å². The summed E-state index contributed by atoms with van der Waals surface area (Å²) >= 11 is 6.21. The fourth-order valence-corrected chi connectivity index (χ4v) is 5.47. The van der Waals surface area contributed by atoms with E-state index in [0.29, 0.717) is 47.7 Å². The number of rotatable bonds is 7. The predicted molar refractivity (Wildman–Crippen MR) is 143 cm³/mol. The Kier molecular flexibility index (Phi) is 8.19. The Morgan fingerprint density at radius 3 is 2.70 bits per heavy atom. The molecule has 2 aliphatic heterocycles. The number of aromatic nitrogens is 1. The Hall–Kier alpha value is -3.36. The molecule has 0 bridgehead atoms. The molecule has 12 heteroatoms. The van der Waals surface area contributed by atoms with Crippen LogP contribution in [0.3, 0.4) is 0 Å². The van der Waals surface area contributed by atoms with Gasteiger partial charge in [-0.15, -0.1) is 0 Å². The van der Waals surface area contributed by atoms with E-state index in [1.807, 2.05) is 0 Å². The average molecular weight is 545 g/mol. The molecule has 0 saturated carbocycles. The number of hydrogen-bond acceptors (Lipinski definition) is 7. The zero-order valence-electron chi connectivity index (χ0n) is 20.5. The normalized spacial score (nSPS) is 19.7. The van der Waals surface area contributed by atoms with Crippen molar-refractivity contribution in [3.63, 3.8) is 0 Å². The van der Waals surface area contributed by atoms with Crippen molar-refractivity contribution in [2.45, 2.75) is 32.1 Å². The van der Waals surface area contributed by atoms with Gasteiger partial charge in [-0.25, -0.2) is 13.4 Å². The number of fused-ring (bicyclic) bond motifs is 1. The maximum atomic E-state index is 13.3. The van der Waals surface area contributed by atoms with Gasteiger partial charge in [0, 0.05) is 43.7 Å². The number of anilines is 1. The molecule has 1 aromatic heterocycles. The third kappa shape index (κ3) is 6.14. The van der Waals surface area contributed by atoms with E-state index in [-0.39, 0.29) is 24.2 Å². The zero-order valence-corrected chi connectivity index (χ0v) is 22.1. The van der Waals surface area contributed by atoms with Crippen LogP contribution in [0, 0.1) is 17.2 Å². The Bertz CT molecular complexity index is 1400. The van der Waals surface area contributed by atoms with Crippen LogP contribution in [0.4, 0.5) is 5.69 Å². The molecule has 2 saturated heterocycles. The van der Waals surface area contributed by atoms with Crippen LogP contribution in [-0.2, 0) is 19.4 Å². The lowest BCUT2D eigenvalue weighted by atomic mass is 10.0. The fourth-order valence-electron chi connectivity index (χ4n) is 4.64. The molecule has 2 amide bonds. The highest BCUT2D eigenvalue weighted by molar-refractivity contribution is 7.94. The minimum Gasteiger partial charge on any atom is -0.358 e. The maximum Gasteiger partial charge on any atom is 0.242 e. The summed E-state index contributed by atoms with van der Waals surface area (Å²) in [7, 11) is -3.93. The third-order valence-electron chi connectivity index (χ3n) is 6.60. The number of H-pyrrole nitrogens is 1. The molecule has 0 aliphatic carbocycles. The standard InChI is InChI=1S/C25H29ClN6O4S/c1-37(35,36)21(13-27)24(30-20-9-6-8-18-19(26)15-28-23(18)20)29-14-17-7-2-3-12-32(25(17)34)16-22(33)31-10-4-5-11-31/h6,8-9,14-15,17,28,30H,2-5,7,10-12,16H2,1H3/b24-21+,29-14-. The second-order valence-electron chi connectivity index (χ2n) is 9.28. The smallest absolute Gasteiger partial charge is 0.242 e. The van der Waals surface area contributed by atoms with Gasteiger partial charge >= 0.3 is 0 Å². The quantitative estimate of drug-likeness (QED) is 0.405. The molecule has 1 unspecified atom stereocenters. The number of hydrogen-bond donors (Lipinski definition) is 2. The van der Waals surface area contributed by atoms with Crippen molar-refractivity contribution >= 4 is 56.1 Å². The van der Waals surface area contributed by atoms with E-state index >= 15 is 0 Å². The average Bonchev–Trinajstić information content (AvgIpc) is 3.49. The lowest BCUT2D eigenvalue weighted by molar-refractivity contribution is -0.140. The molecule has 4 rings (SSSR count). The van der Waals surface area contributed by atoms with Gasteiger partial charge < -0.3 is 20.1 Å². The number of likely N-dealkylation sites (tertiary alicyclic amines) is 2. The van der Waals surface area contributed by atoms with Crippen LogP contribution < -0.4 is 5.32 Å². The van der Waals surface area contributed by atoms with Gasteiger partial charge in [-0.1, -0.05) is 30.2 Å². The van der Waals surface area contributed by atoms with Gasteiger partial charge in [0.15, 0.2) is 20.6 Å². The molecule has 1 atom stereocenters. The number of sulfone groups is 1. The number of nitrogens with one attached hydrogen (secondary N) is 2. The molecular formula is C25H29ClN6O4S. The lowest BCUT2D eigenvalue weighted by Gasteiger charge is -2.25. The van der Waals surface area contributed by atoms with Gasteiger partial charge in [0.1, 0.15) is 6.07 Å². The van der Waals surface area contributed by atoms with E-state index in [9.17, 15) is 23.3 Å². The molecule has 2 aromatic rings. The Balaban J connectivity index is 1.62. The van der Waals surface area contributed by atoms with E-state index in [2.05, 4.69) is 15.3 Å². The second kappa shape index (κ2) is 11.4. The fraction of sp³-hybridized carbons (Fsp3) is 0.440. The third-order valence-corrected chi connectivity index (χ3v) is 7.93. The first-order valence-corrected chi connectivity index (χ1v) is 14.4. The van der Waals surface area contributed by atoms with Gasteiger partial charge in [0.2, 0.25) is 11.8 Å². The lowest BCUT2D eigenvalue weighted by Crippen LogP contribution is -2.43. The topological polar surface area (TPSA) is 139 Å². The molecule has 2 fully saturated rings. The summed E-state index contributed by atoms with van der Waals surface area (Å²) in [6, 6.07) is 6.97. The monoisotopic (exact) mass is 544 g/mol. The van der Waals surface area contributed by atoms with E-state index in [0.717, 1.165) is 31.9 Å². The van der Waals surface area contributed by atoms with Gasteiger partial charge in [-0.3, -0.25) is 9.59 Å². The van der Waals surface area contributed by atoms with E-state index in [1.54, 1.807) is 40.3 Å². The van der Waals surface area contributed by atoms with Crippen molar-refractivity contribution in [3.05, 3.63) is 40.1 Å².